The van der Waals surface area contributed by atoms with Crippen molar-refractivity contribution < 1.29 is 22.7 Å². The van der Waals surface area contributed by atoms with E-state index in [1.54, 1.807) is 26.0 Å². The molecule has 2 N–H and O–H groups in total. The molecule has 1 aromatic heterocycles. The minimum Gasteiger partial charge on any atom is -0.383 e. The number of rotatable bonds is 6. The number of amides is 1. The first-order chi connectivity index (χ1) is 13.2. The molecule has 0 atom stereocenters. The number of carbonyl (C=O) groups is 2. The molecule has 9 nitrogen and oxygen atoms in total. The van der Waals surface area contributed by atoms with E-state index in [2.05, 4.69) is 15.1 Å². The lowest BCUT2D eigenvalue weighted by molar-refractivity contribution is -0.116. The zero-order valence-electron chi connectivity index (χ0n) is 15.9. The van der Waals surface area contributed by atoms with Crippen LogP contribution in [-0.2, 0) is 19.6 Å². The van der Waals surface area contributed by atoms with E-state index in [0.717, 1.165) is 0 Å². The predicted molar refractivity (Wildman–Crippen MR) is 103 cm³/mol. The van der Waals surface area contributed by atoms with Gasteiger partial charge < -0.3 is 10.1 Å². The van der Waals surface area contributed by atoms with Crippen molar-refractivity contribution in [3.05, 3.63) is 29.5 Å². The van der Waals surface area contributed by atoms with Crippen molar-refractivity contribution in [3.8, 4) is 11.1 Å². The molecule has 1 aromatic carbocycles. The second-order valence-corrected chi connectivity index (χ2v) is 8.27. The highest BCUT2D eigenvalue weighted by molar-refractivity contribution is 7.89. The normalized spacial score (nSPS) is 14.5. The van der Waals surface area contributed by atoms with Crippen LogP contribution in [0.2, 0.25) is 0 Å². The first-order valence-electron chi connectivity index (χ1n) is 8.77. The summed E-state index contributed by atoms with van der Waals surface area (Å²) in [5.74, 6) is -0.303. The monoisotopic (exact) mass is 406 g/mol. The summed E-state index contributed by atoms with van der Waals surface area (Å²) in [5, 5.41) is 6.96. The predicted octanol–water partition coefficient (Wildman–Crippen LogP) is 1.46. The minimum atomic E-state index is -3.75. The summed E-state index contributed by atoms with van der Waals surface area (Å²) in [4.78, 5) is 24.4. The fourth-order valence-corrected chi connectivity index (χ4v) is 4.37. The zero-order chi connectivity index (χ0) is 20.5. The van der Waals surface area contributed by atoms with E-state index in [4.69, 9.17) is 4.74 Å². The lowest BCUT2D eigenvalue weighted by Crippen LogP contribution is -2.27. The van der Waals surface area contributed by atoms with Crippen molar-refractivity contribution >= 4 is 27.7 Å². The molecule has 28 heavy (non-hydrogen) atoms. The van der Waals surface area contributed by atoms with Gasteiger partial charge in [0.1, 0.15) is 5.82 Å². The highest BCUT2D eigenvalue weighted by atomic mass is 32.2. The molecule has 3 rings (SSSR count). The van der Waals surface area contributed by atoms with Crippen molar-refractivity contribution in [1.82, 2.24) is 14.5 Å². The van der Waals surface area contributed by atoms with Gasteiger partial charge in [-0.05, 0) is 31.0 Å². The van der Waals surface area contributed by atoms with Gasteiger partial charge >= 0.3 is 0 Å². The number of hydrogen-bond donors (Lipinski definition) is 2. The Bertz CT molecular complexity index is 1040. The molecular formula is C18H22N4O5S. The van der Waals surface area contributed by atoms with Gasteiger partial charge in [0.25, 0.3) is 0 Å². The molecule has 10 heteroatoms. The number of nitrogens with one attached hydrogen (secondary N) is 2. The van der Waals surface area contributed by atoms with E-state index in [1.165, 1.54) is 17.9 Å². The van der Waals surface area contributed by atoms with Crippen molar-refractivity contribution in [2.24, 2.45) is 0 Å². The number of sulfonamides is 1. The number of aryl methyl sites for hydroxylation is 2. The van der Waals surface area contributed by atoms with Gasteiger partial charge in [-0.1, -0.05) is 12.1 Å². The number of benzene rings is 1. The molecular weight excluding hydrogens is 384 g/mol. The van der Waals surface area contributed by atoms with Gasteiger partial charge in [-0.3, -0.25) is 9.59 Å². The van der Waals surface area contributed by atoms with E-state index >= 15 is 0 Å². The number of ether oxygens (including phenoxy) is 1. The quantitative estimate of drug-likeness (QED) is 0.701. The van der Waals surface area contributed by atoms with Gasteiger partial charge in [-0.2, -0.15) is 9.78 Å². The second-order valence-electron chi connectivity index (χ2n) is 6.53. The van der Waals surface area contributed by atoms with E-state index in [9.17, 15) is 18.0 Å². The van der Waals surface area contributed by atoms with Crippen LogP contribution >= 0.6 is 0 Å². The van der Waals surface area contributed by atoms with Crippen molar-refractivity contribution in [2.75, 3.05) is 25.6 Å². The number of hydrogen-bond acceptors (Lipinski definition) is 6. The summed E-state index contributed by atoms with van der Waals surface area (Å²) >= 11 is 0. The summed E-state index contributed by atoms with van der Waals surface area (Å²) in [6, 6.07) is 4.96. The smallest absolute Gasteiger partial charge is 0.249 e. The molecule has 1 aliphatic rings. The third-order valence-corrected chi connectivity index (χ3v) is 6.09. The number of nitrogens with zero attached hydrogens (tertiary/aromatic N) is 2. The van der Waals surface area contributed by atoms with Crippen LogP contribution in [0.1, 0.15) is 28.9 Å². The minimum absolute atomic E-state index is 0.0658. The van der Waals surface area contributed by atoms with Crippen LogP contribution in [0.15, 0.2) is 23.1 Å². The average molecular weight is 406 g/mol. The van der Waals surface area contributed by atoms with Crippen LogP contribution in [0.5, 0.6) is 0 Å². The topological polar surface area (TPSA) is 119 Å². The lowest BCUT2D eigenvalue weighted by Gasteiger charge is -2.12. The molecule has 0 fully saturated rings. The summed E-state index contributed by atoms with van der Waals surface area (Å²) in [7, 11) is -2.26. The van der Waals surface area contributed by atoms with Crippen LogP contribution in [0.4, 0.5) is 5.82 Å². The molecule has 150 valence electrons. The van der Waals surface area contributed by atoms with Crippen LogP contribution < -0.4 is 10.0 Å². The van der Waals surface area contributed by atoms with Gasteiger partial charge in [0.2, 0.25) is 21.8 Å². The Morgan fingerprint density at radius 3 is 2.71 bits per heavy atom. The van der Waals surface area contributed by atoms with Crippen LogP contribution in [-0.4, -0.2) is 50.3 Å². The maximum Gasteiger partial charge on any atom is 0.249 e. The van der Waals surface area contributed by atoms with Crippen molar-refractivity contribution in [1.29, 1.82) is 0 Å². The molecule has 0 bridgehead atoms. The lowest BCUT2D eigenvalue weighted by atomic mass is 10.0. The molecule has 0 radical (unpaired) electrons. The van der Waals surface area contributed by atoms with E-state index < -0.39 is 10.0 Å². The highest BCUT2D eigenvalue weighted by Gasteiger charge is 2.27. The third-order valence-electron chi connectivity index (χ3n) is 4.48. The first kappa shape index (κ1) is 20.2. The molecule has 2 heterocycles. The molecule has 0 unspecified atom stereocenters. The Hall–Kier alpha value is -2.56. The molecule has 2 aromatic rings. The Kier molecular flexibility index (Phi) is 5.64. The first-order valence-corrected chi connectivity index (χ1v) is 10.2. The molecule has 1 aliphatic heterocycles. The van der Waals surface area contributed by atoms with E-state index in [0.29, 0.717) is 22.4 Å². The summed E-state index contributed by atoms with van der Waals surface area (Å²) in [6.07, 6.45) is 0.147. The fraction of sp³-hybridized carbons (Fsp3) is 0.389. The molecule has 0 aliphatic carbocycles. The highest BCUT2D eigenvalue weighted by Crippen LogP contribution is 2.35. The van der Waals surface area contributed by atoms with Crippen molar-refractivity contribution in [3.63, 3.8) is 0 Å². The van der Waals surface area contributed by atoms with Crippen LogP contribution in [0.3, 0.4) is 0 Å². The zero-order valence-corrected chi connectivity index (χ0v) is 16.7. The number of aromatic nitrogens is 2. The third kappa shape index (κ3) is 3.84. The average Bonchev–Trinajstić information content (AvgIpc) is 2.89. The maximum atomic E-state index is 12.7. The number of fused-ring (bicyclic) bond motifs is 1. The molecule has 1 amide bonds. The second kappa shape index (κ2) is 7.82. The largest absolute Gasteiger partial charge is 0.383 e. The van der Waals surface area contributed by atoms with Gasteiger partial charge in [0.15, 0.2) is 0 Å². The van der Waals surface area contributed by atoms with Crippen molar-refractivity contribution in [2.45, 2.75) is 31.6 Å². The van der Waals surface area contributed by atoms with Gasteiger partial charge in [0.05, 0.1) is 17.2 Å². The van der Waals surface area contributed by atoms with E-state index in [-0.39, 0.29) is 48.5 Å². The fourth-order valence-electron chi connectivity index (χ4n) is 3.09. The van der Waals surface area contributed by atoms with Gasteiger partial charge in [-0.25, -0.2) is 13.1 Å². The summed E-state index contributed by atoms with van der Waals surface area (Å²) in [5.41, 5.74) is 2.16. The van der Waals surface area contributed by atoms with Crippen LogP contribution in [0.25, 0.3) is 11.1 Å². The van der Waals surface area contributed by atoms with Gasteiger partial charge in [-0.15, -0.1) is 0 Å². The number of anilines is 1. The maximum absolute atomic E-state index is 12.7. The molecule has 0 spiro atoms. The van der Waals surface area contributed by atoms with Crippen LogP contribution in [0, 0.1) is 13.8 Å². The molecule has 0 saturated carbocycles. The van der Waals surface area contributed by atoms with Gasteiger partial charge in [0, 0.05) is 32.1 Å². The number of methoxy groups -OCH3 is 1. The Labute approximate surface area is 163 Å². The Morgan fingerprint density at radius 2 is 2.00 bits per heavy atom. The Balaban J connectivity index is 2.09. The Morgan fingerprint density at radius 1 is 1.25 bits per heavy atom. The SMILES string of the molecule is COCCNS(=O)(=O)c1cc(-c2c(C)nn3c2NC(=O)CCC3=O)ccc1C. The molecule has 0 saturated heterocycles. The standard InChI is InChI=1S/C18H22N4O5S/c1-11-4-5-13(10-14(11)28(25,26)19-8-9-27-3)17-12(2)21-22-16(24)7-6-15(23)20-18(17)22/h4-5,10,19H,6-9H2,1-3H3,(H,20,23). The summed E-state index contributed by atoms with van der Waals surface area (Å²) < 4.78 is 33.9. The van der Waals surface area contributed by atoms with E-state index in [1.807, 2.05) is 0 Å². The summed E-state index contributed by atoms with van der Waals surface area (Å²) in [6.45, 7) is 3.81. The number of carbonyl (C=O) groups excluding carboxylic acids is 2.